The number of benzene rings is 2. The molecule has 1 amide bonds. The molecule has 0 atom stereocenters. The number of hydrogen-bond donors (Lipinski definition) is 0. The van der Waals surface area contributed by atoms with Gasteiger partial charge in [0.2, 0.25) is 0 Å². The zero-order valence-electron chi connectivity index (χ0n) is 11.4. The van der Waals surface area contributed by atoms with Crippen LogP contribution in [0.1, 0.15) is 22.8 Å². The van der Waals surface area contributed by atoms with Gasteiger partial charge in [0.25, 0.3) is 5.91 Å². The van der Waals surface area contributed by atoms with Crippen molar-refractivity contribution in [3.63, 3.8) is 0 Å². The first-order valence-electron chi connectivity index (χ1n) is 6.49. The van der Waals surface area contributed by atoms with Crippen molar-refractivity contribution in [2.45, 2.75) is 13.5 Å². The largest absolute Gasteiger partial charge is 0.335 e. The van der Waals surface area contributed by atoms with E-state index >= 15 is 0 Å². The van der Waals surface area contributed by atoms with Crippen molar-refractivity contribution in [3.05, 3.63) is 69.7 Å². The van der Waals surface area contributed by atoms with E-state index in [1.165, 1.54) is 29.2 Å². The maximum absolute atomic E-state index is 13.4. The summed E-state index contributed by atoms with van der Waals surface area (Å²) in [6.45, 7) is 2.55. The second kappa shape index (κ2) is 6.80. The lowest BCUT2D eigenvalue weighted by Crippen LogP contribution is -2.30. The van der Waals surface area contributed by atoms with Gasteiger partial charge in [-0.15, -0.1) is 0 Å². The van der Waals surface area contributed by atoms with Crippen LogP contribution in [-0.4, -0.2) is 17.4 Å². The molecule has 0 N–H and O–H groups in total. The number of halogens is 3. The van der Waals surface area contributed by atoms with Gasteiger partial charge in [0, 0.05) is 23.1 Å². The molecule has 2 nitrogen and oxygen atoms in total. The minimum atomic E-state index is -0.477. The van der Waals surface area contributed by atoms with E-state index in [0.717, 1.165) is 0 Å². The number of carbonyl (C=O) groups is 1. The fourth-order valence-electron chi connectivity index (χ4n) is 2.04. The molecule has 0 fully saturated rings. The Labute approximate surface area is 130 Å². The van der Waals surface area contributed by atoms with Crippen LogP contribution in [0.25, 0.3) is 0 Å². The molecular formula is C16H14BrF2NO. The highest BCUT2D eigenvalue weighted by atomic mass is 79.9. The lowest BCUT2D eigenvalue weighted by Gasteiger charge is -2.21. The number of amides is 1. The second-order valence-corrected chi connectivity index (χ2v) is 5.52. The smallest absolute Gasteiger partial charge is 0.254 e. The van der Waals surface area contributed by atoms with E-state index in [9.17, 15) is 13.6 Å². The standard InChI is InChI=1S/C16H14BrF2NO/c1-2-20(10-11-4-3-5-14(18)6-11)16(21)12-7-13(17)9-15(19)8-12/h3-9H,2,10H2,1H3. The van der Waals surface area contributed by atoms with E-state index in [4.69, 9.17) is 0 Å². The molecule has 0 unspecified atom stereocenters. The topological polar surface area (TPSA) is 20.3 Å². The Hall–Kier alpha value is -1.75. The molecule has 0 spiro atoms. The summed E-state index contributed by atoms with van der Waals surface area (Å²) in [5.41, 5.74) is 0.959. The predicted octanol–water partition coefficient (Wildman–Crippen LogP) is 4.39. The molecule has 2 rings (SSSR count). The van der Waals surface area contributed by atoms with Crippen LogP contribution in [0.3, 0.4) is 0 Å². The highest BCUT2D eigenvalue weighted by Gasteiger charge is 2.16. The van der Waals surface area contributed by atoms with Crippen molar-refractivity contribution in [2.75, 3.05) is 6.54 Å². The van der Waals surface area contributed by atoms with Crippen LogP contribution in [0.2, 0.25) is 0 Å². The van der Waals surface area contributed by atoms with Gasteiger partial charge in [0.05, 0.1) is 0 Å². The molecule has 2 aromatic rings. The Bertz CT molecular complexity index is 640. The zero-order chi connectivity index (χ0) is 15.4. The first-order chi connectivity index (χ1) is 9.99. The normalized spacial score (nSPS) is 10.5. The summed E-state index contributed by atoms with van der Waals surface area (Å²) >= 11 is 3.17. The van der Waals surface area contributed by atoms with Crippen molar-refractivity contribution >= 4 is 21.8 Å². The maximum Gasteiger partial charge on any atom is 0.254 e. The first-order valence-corrected chi connectivity index (χ1v) is 7.28. The van der Waals surface area contributed by atoms with Crippen LogP contribution in [0.15, 0.2) is 46.9 Å². The third kappa shape index (κ3) is 4.11. The molecular weight excluding hydrogens is 340 g/mol. The van der Waals surface area contributed by atoms with Gasteiger partial charge >= 0.3 is 0 Å². The molecule has 0 aliphatic rings. The molecule has 21 heavy (non-hydrogen) atoms. The van der Waals surface area contributed by atoms with Crippen molar-refractivity contribution in [1.29, 1.82) is 0 Å². The quantitative estimate of drug-likeness (QED) is 0.798. The van der Waals surface area contributed by atoms with Crippen molar-refractivity contribution < 1.29 is 13.6 Å². The lowest BCUT2D eigenvalue weighted by atomic mass is 10.1. The number of rotatable bonds is 4. The Morgan fingerprint density at radius 3 is 2.52 bits per heavy atom. The molecule has 0 aliphatic carbocycles. The summed E-state index contributed by atoms with van der Waals surface area (Å²) < 4.78 is 27.1. The fraction of sp³-hybridized carbons (Fsp3) is 0.188. The van der Waals surface area contributed by atoms with Crippen molar-refractivity contribution in [3.8, 4) is 0 Å². The van der Waals surface area contributed by atoms with Crippen LogP contribution < -0.4 is 0 Å². The van der Waals surface area contributed by atoms with E-state index in [1.807, 2.05) is 6.92 Å². The van der Waals surface area contributed by atoms with Gasteiger partial charge in [-0.2, -0.15) is 0 Å². The van der Waals surface area contributed by atoms with Gasteiger partial charge in [0.15, 0.2) is 0 Å². The first kappa shape index (κ1) is 15.6. The zero-order valence-corrected chi connectivity index (χ0v) is 13.0. The number of hydrogen-bond acceptors (Lipinski definition) is 1. The van der Waals surface area contributed by atoms with Crippen LogP contribution in [0.4, 0.5) is 8.78 Å². The van der Waals surface area contributed by atoms with E-state index in [-0.39, 0.29) is 23.8 Å². The lowest BCUT2D eigenvalue weighted by molar-refractivity contribution is 0.0752. The molecule has 0 heterocycles. The monoisotopic (exact) mass is 353 g/mol. The van der Waals surface area contributed by atoms with Crippen molar-refractivity contribution in [1.82, 2.24) is 4.90 Å². The summed E-state index contributed by atoms with van der Waals surface area (Å²) in [6.07, 6.45) is 0. The van der Waals surface area contributed by atoms with E-state index < -0.39 is 5.82 Å². The minimum Gasteiger partial charge on any atom is -0.335 e. The van der Waals surface area contributed by atoms with Gasteiger partial charge in [-0.3, -0.25) is 4.79 Å². The fourth-order valence-corrected chi connectivity index (χ4v) is 2.51. The Morgan fingerprint density at radius 1 is 1.14 bits per heavy atom. The third-order valence-corrected chi connectivity index (χ3v) is 3.50. The van der Waals surface area contributed by atoms with Crippen LogP contribution in [0.5, 0.6) is 0 Å². The molecule has 0 aromatic heterocycles. The molecule has 0 aliphatic heterocycles. The predicted molar refractivity (Wildman–Crippen MR) is 80.9 cm³/mol. The highest BCUT2D eigenvalue weighted by Crippen LogP contribution is 2.17. The van der Waals surface area contributed by atoms with E-state index in [1.54, 1.807) is 18.2 Å². The maximum atomic E-state index is 13.4. The van der Waals surface area contributed by atoms with Gasteiger partial charge < -0.3 is 4.90 Å². The molecule has 0 saturated heterocycles. The summed E-state index contributed by atoms with van der Waals surface area (Å²) in [5.74, 6) is -1.11. The van der Waals surface area contributed by atoms with E-state index in [2.05, 4.69) is 15.9 Å². The Kier molecular flexibility index (Phi) is 5.07. The van der Waals surface area contributed by atoms with Gasteiger partial charge in [-0.1, -0.05) is 28.1 Å². The average Bonchev–Trinajstić information content (AvgIpc) is 2.43. The molecule has 0 bridgehead atoms. The van der Waals surface area contributed by atoms with Gasteiger partial charge in [-0.05, 0) is 42.8 Å². The number of nitrogens with zero attached hydrogens (tertiary/aromatic N) is 1. The third-order valence-electron chi connectivity index (χ3n) is 3.04. The van der Waals surface area contributed by atoms with Crippen LogP contribution in [0, 0.1) is 11.6 Å². The molecule has 5 heteroatoms. The van der Waals surface area contributed by atoms with Gasteiger partial charge in [0.1, 0.15) is 11.6 Å². The highest BCUT2D eigenvalue weighted by molar-refractivity contribution is 9.10. The van der Waals surface area contributed by atoms with Crippen molar-refractivity contribution in [2.24, 2.45) is 0 Å². The molecule has 0 radical (unpaired) electrons. The molecule has 110 valence electrons. The SMILES string of the molecule is CCN(Cc1cccc(F)c1)C(=O)c1cc(F)cc(Br)c1. The van der Waals surface area contributed by atoms with Crippen LogP contribution in [-0.2, 0) is 6.54 Å². The van der Waals surface area contributed by atoms with Gasteiger partial charge in [-0.25, -0.2) is 8.78 Å². The number of carbonyl (C=O) groups excluding carboxylic acids is 1. The average molecular weight is 354 g/mol. The minimum absolute atomic E-state index is 0.264. The second-order valence-electron chi connectivity index (χ2n) is 4.61. The summed E-state index contributed by atoms with van der Waals surface area (Å²) in [5, 5.41) is 0. The summed E-state index contributed by atoms with van der Waals surface area (Å²) in [4.78, 5) is 14.0. The van der Waals surface area contributed by atoms with Crippen LogP contribution >= 0.6 is 15.9 Å². The summed E-state index contributed by atoms with van der Waals surface area (Å²) in [7, 11) is 0. The Balaban J connectivity index is 2.22. The van der Waals surface area contributed by atoms with E-state index in [0.29, 0.717) is 16.6 Å². The Morgan fingerprint density at radius 2 is 1.90 bits per heavy atom. The molecule has 0 saturated carbocycles. The molecule has 2 aromatic carbocycles. The summed E-state index contributed by atoms with van der Waals surface area (Å²) in [6, 6.07) is 10.1.